The van der Waals surface area contributed by atoms with E-state index in [-0.39, 0.29) is 6.04 Å². The summed E-state index contributed by atoms with van der Waals surface area (Å²) in [5, 5.41) is 4.37. The Morgan fingerprint density at radius 3 is 2.62 bits per heavy atom. The molecule has 4 aromatic rings. The van der Waals surface area contributed by atoms with Gasteiger partial charge in [-0.25, -0.2) is 29.7 Å². The van der Waals surface area contributed by atoms with Gasteiger partial charge in [0.2, 0.25) is 0 Å². The standard InChI is InChI=1S/C29H41N7O2S/c1-20(2)36-28(30-18-31-36)25-17-34-11-12-38-26-15-22(9-10-23(26)27(34)33-25)24-16-35(21(3)32-24)19-37-13-14-39(7,8)29(4,5)6/h9-10,15-18,20H,11-14,19H2,1-8H3. The summed E-state index contributed by atoms with van der Waals surface area (Å²) < 4.78 is 18.7. The molecule has 39 heavy (non-hydrogen) atoms. The van der Waals surface area contributed by atoms with E-state index in [0.717, 1.165) is 58.1 Å². The van der Waals surface area contributed by atoms with Crippen LogP contribution in [0.15, 0.2) is 36.9 Å². The van der Waals surface area contributed by atoms with Crippen molar-refractivity contribution in [3.05, 3.63) is 42.7 Å². The second-order valence-electron chi connectivity index (χ2n) is 11.9. The van der Waals surface area contributed by atoms with Gasteiger partial charge in [-0.3, -0.25) is 0 Å². The fourth-order valence-corrected chi connectivity index (χ4v) is 5.62. The summed E-state index contributed by atoms with van der Waals surface area (Å²) >= 11 is 0. The Bertz CT molecular complexity index is 1460. The summed E-state index contributed by atoms with van der Waals surface area (Å²) in [4.78, 5) is 14.2. The van der Waals surface area contributed by atoms with Crippen molar-refractivity contribution in [2.45, 2.75) is 65.6 Å². The van der Waals surface area contributed by atoms with E-state index in [1.54, 1.807) is 6.33 Å². The largest absolute Gasteiger partial charge is 0.491 e. The van der Waals surface area contributed by atoms with E-state index in [1.165, 1.54) is 0 Å². The van der Waals surface area contributed by atoms with Crippen molar-refractivity contribution in [2.75, 3.05) is 31.5 Å². The lowest BCUT2D eigenvalue weighted by Crippen LogP contribution is -2.27. The molecule has 4 heterocycles. The summed E-state index contributed by atoms with van der Waals surface area (Å²) in [6, 6.07) is 6.43. The Morgan fingerprint density at radius 2 is 1.87 bits per heavy atom. The molecule has 5 rings (SSSR count). The Morgan fingerprint density at radius 1 is 1.08 bits per heavy atom. The summed E-state index contributed by atoms with van der Waals surface area (Å²) in [6.07, 6.45) is 10.5. The molecule has 0 saturated carbocycles. The first-order chi connectivity index (χ1) is 18.4. The van der Waals surface area contributed by atoms with Crippen molar-refractivity contribution in [1.29, 1.82) is 0 Å². The summed E-state index contributed by atoms with van der Waals surface area (Å²) in [7, 11) is -0.729. The van der Waals surface area contributed by atoms with Gasteiger partial charge in [-0.15, -0.1) is 0 Å². The van der Waals surface area contributed by atoms with Gasteiger partial charge in [-0.05, 0) is 50.2 Å². The number of hydrogen-bond acceptors (Lipinski definition) is 6. The molecule has 3 aromatic heterocycles. The van der Waals surface area contributed by atoms with Crippen LogP contribution in [-0.2, 0) is 18.0 Å². The number of nitrogens with zero attached hydrogens (tertiary/aromatic N) is 7. The normalized spacial score (nSPS) is 14.2. The molecule has 0 N–H and O–H groups in total. The van der Waals surface area contributed by atoms with Gasteiger partial charge in [0, 0.05) is 29.8 Å². The molecule has 10 heteroatoms. The van der Waals surface area contributed by atoms with Crippen molar-refractivity contribution in [3.8, 4) is 39.9 Å². The first-order valence-electron chi connectivity index (χ1n) is 13.5. The zero-order chi connectivity index (χ0) is 27.9. The molecular formula is C29H41N7O2S. The lowest BCUT2D eigenvalue weighted by molar-refractivity contribution is 0.0880. The molecule has 210 valence electrons. The number of imidazole rings is 2. The monoisotopic (exact) mass is 551 g/mol. The minimum Gasteiger partial charge on any atom is -0.491 e. The van der Waals surface area contributed by atoms with E-state index in [0.29, 0.717) is 24.6 Å². The van der Waals surface area contributed by atoms with Crippen molar-refractivity contribution in [1.82, 2.24) is 33.9 Å². The van der Waals surface area contributed by atoms with E-state index in [9.17, 15) is 0 Å². The average molecular weight is 552 g/mol. The topological polar surface area (TPSA) is 84.8 Å². The quantitative estimate of drug-likeness (QED) is 0.258. The molecule has 0 fully saturated rings. The molecule has 1 aromatic carbocycles. The van der Waals surface area contributed by atoms with Gasteiger partial charge in [-0.2, -0.15) is 5.10 Å². The Hall–Kier alpha value is -3.11. The van der Waals surface area contributed by atoms with Crippen molar-refractivity contribution in [3.63, 3.8) is 0 Å². The zero-order valence-electron chi connectivity index (χ0n) is 24.4. The van der Waals surface area contributed by atoms with E-state index in [1.807, 2.05) is 17.8 Å². The summed E-state index contributed by atoms with van der Waals surface area (Å²) in [5.74, 6) is 4.48. The lowest BCUT2D eigenvalue weighted by Gasteiger charge is -2.44. The van der Waals surface area contributed by atoms with Gasteiger partial charge in [0.1, 0.15) is 42.8 Å². The van der Waals surface area contributed by atoms with Gasteiger partial charge >= 0.3 is 0 Å². The third-order valence-corrected chi connectivity index (χ3v) is 12.3. The van der Waals surface area contributed by atoms with Crippen LogP contribution in [0.2, 0.25) is 0 Å². The van der Waals surface area contributed by atoms with Crippen molar-refractivity contribution < 1.29 is 9.47 Å². The van der Waals surface area contributed by atoms with Gasteiger partial charge in [-0.1, -0.05) is 26.8 Å². The molecule has 0 aliphatic carbocycles. The highest BCUT2D eigenvalue weighted by molar-refractivity contribution is 8.33. The Kier molecular flexibility index (Phi) is 7.37. The molecule has 0 bridgehead atoms. The van der Waals surface area contributed by atoms with E-state index >= 15 is 0 Å². The van der Waals surface area contributed by atoms with Gasteiger partial charge in [0.15, 0.2) is 5.82 Å². The number of ether oxygens (including phenoxy) is 2. The van der Waals surface area contributed by atoms with Crippen LogP contribution in [0, 0.1) is 6.92 Å². The average Bonchev–Trinajstić information content (AvgIpc) is 3.58. The molecule has 0 amide bonds. The van der Waals surface area contributed by atoms with Gasteiger partial charge in [0.25, 0.3) is 0 Å². The third kappa shape index (κ3) is 5.49. The highest BCUT2D eigenvalue weighted by Gasteiger charge is 2.27. The molecule has 0 spiro atoms. The van der Waals surface area contributed by atoms with Crippen LogP contribution in [-0.4, -0.2) is 70.1 Å². The summed E-state index contributed by atoms with van der Waals surface area (Å²) in [5.41, 5.74) is 3.69. The number of hydrogen-bond donors (Lipinski definition) is 0. The third-order valence-electron chi connectivity index (χ3n) is 7.78. The van der Waals surface area contributed by atoms with Crippen LogP contribution in [0.25, 0.3) is 34.2 Å². The van der Waals surface area contributed by atoms with Crippen LogP contribution >= 0.6 is 10.0 Å². The minimum absolute atomic E-state index is 0.201. The van der Waals surface area contributed by atoms with E-state index in [2.05, 4.69) is 90.7 Å². The maximum atomic E-state index is 6.17. The second kappa shape index (κ2) is 10.5. The predicted octanol–water partition coefficient (Wildman–Crippen LogP) is 5.79. The van der Waals surface area contributed by atoms with Gasteiger partial charge < -0.3 is 18.6 Å². The zero-order valence-corrected chi connectivity index (χ0v) is 25.2. The van der Waals surface area contributed by atoms with Gasteiger partial charge in [0.05, 0.1) is 24.4 Å². The molecule has 0 unspecified atom stereocenters. The minimum atomic E-state index is -0.729. The molecule has 0 saturated heterocycles. The Balaban J connectivity index is 1.34. The molecule has 9 nitrogen and oxygen atoms in total. The van der Waals surface area contributed by atoms with E-state index in [4.69, 9.17) is 19.4 Å². The SMILES string of the molecule is Cc1nc(-c2ccc3c(c2)OCCn2cc(-c4ncnn4C(C)C)nc2-3)cn1COCCS(C)(C)C(C)(C)C. The Labute approximate surface area is 232 Å². The molecular weight excluding hydrogens is 510 g/mol. The smallest absolute Gasteiger partial charge is 0.178 e. The van der Waals surface area contributed by atoms with Crippen LogP contribution in [0.3, 0.4) is 0 Å². The summed E-state index contributed by atoms with van der Waals surface area (Å²) in [6.45, 7) is 15.7. The maximum Gasteiger partial charge on any atom is 0.178 e. The van der Waals surface area contributed by atoms with Crippen molar-refractivity contribution in [2.24, 2.45) is 0 Å². The fourth-order valence-electron chi connectivity index (χ4n) is 4.47. The second-order valence-corrected chi connectivity index (χ2v) is 16.6. The first kappa shape index (κ1) is 27.5. The highest BCUT2D eigenvalue weighted by Crippen LogP contribution is 2.52. The number of aryl methyl sites for hydroxylation is 1. The van der Waals surface area contributed by atoms with Crippen LogP contribution in [0.1, 0.15) is 46.5 Å². The molecule has 0 radical (unpaired) electrons. The molecule has 1 aliphatic heterocycles. The highest BCUT2D eigenvalue weighted by atomic mass is 32.3. The van der Waals surface area contributed by atoms with Crippen LogP contribution in [0.4, 0.5) is 0 Å². The number of fused-ring (bicyclic) bond motifs is 3. The number of rotatable bonds is 8. The van der Waals surface area contributed by atoms with Crippen LogP contribution < -0.4 is 4.74 Å². The molecule has 1 aliphatic rings. The van der Waals surface area contributed by atoms with Crippen LogP contribution in [0.5, 0.6) is 5.75 Å². The van der Waals surface area contributed by atoms with E-state index < -0.39 is 10.0 Å². The number of benzene rings is 1. The lowest BCUT2D eigenvalue weighted by atomic mass is 10.1. The fraction of sp³-hybridized carbons (Fsp3) is 0.517. The maximum absolute atomic E-state index is 6.17. The number of aromatic nitrogens is 7. The predicted molar refractivity (Wildman–Crippen MR) is 159 cm³/mol. The van der Waals surface area contributed by atoms with Crippen molar-refractivity contribution >= 4 is 10.0 Å². The first-order valence-corrected chi connectivity index (χ1v) is 16.1. The molecule has 0 atom stereocenters.